The van der Waals surface area contributed by atoms with Gasteiger partial charge < -0.3 is 9.47 Å². The summed E-state index contributed by atoms with van der Waals surface area (Å²) in [6, 6.07) is 10.1. The van der Waals surface area contributed by atoms with Crippen molar-refractivity contribution in [1.82, 2.24) is 0 Å². The van der Waals surface area contributed by atoms with Crippen LogP contribution in [0.4, 0.5) is 0 Å². The molecule has 20 heavy (non-hydrogen) atoms. The Balaban J connectivity index is 1.87. The number of benzene rings is 1. The van der Waals surface area contributed by atoms with Gasteiger partial charge in [0, 0.05) is 23.4 Å². The summed E-state index contributed by atoms with van der Waals surface area (Å²) in [4.78, 5) is 12.9. The van der Waals surface area contributed by atoms with Gasteiger partial charge in [-0.05, 0) is 18.1 Å². The SMILES string of the molecule is COC12C=C(Br)C(CC1c1ccccc1)[C@@]1(CO1)C2=O. The second-order valence-corrected chi connectivity index (χ2v) is 6.70. The van der Waals surface area contributed by atoms with E-state index >= 15 is 0 Å². The van der Waals surface area contributed by atoms with Crippen LogP contribution in [-0.2, 0) is 14.3 Å². The van der Waals surface area contributed by atoms with Gasteiger partial charge >= 0.3 is 0 Å². The zero-order chi connectivity index (χ0) is 14.0. The molecule has 2 bridgehead atoms. The van der Waals surface area contributed by atoms with E-state index in [-0.39, 0.29) is 17.6 Å². The Labute approximate surface area is 126 Å². The number of epoxide rings is 1. The predicted molar refractivity (Wildman–Crippen MR) is 77.7 cm³/mol. The molecule has 1 aromatic rings. The summed E-state index contributed by atoms with van der Waals surface area (Å²) in [5.41, 5.74) is -0.375. The van der Waals surface area contributed by atoms with Crippen LogP contribution in [0, 0.1) is 5.92 Å². The van der Waals surface area contributed by atoms with Gasteiger partial charge in [0.2, 0.25) is 5.78 Å². The fourth-order valence-electron chi connectivity index (χ4n) is 3.83. The van der Waals surface area contributed by atoms with E-state index in [1.807, 2.05) is 24.3 Å². The van der Waals surface area contributed by atoms with Crippen LogP contribution < -0.4 is 0 Å². The number of carbonyl (C=O) groups excluding carboxylic acids is 1. The molecular weight excluding hydrogens is 320 g/mol. The highest BCUT2D eigenvalue weighted by Gasteiger charge is 2.72. The van der Waals surface area contributed by atoms with Gasteiger partial charge in [0.05, 0.1) is 6.61 Å². The molecule has 0 amide bonds. The smallest absolute Gasteiger partial charge is 0.203 e. The predicted octanol–water partition coefficient (Wildman–Crippen LogP) is 2.81. The van der Waals surface area contributed by atoms with Crippen molar-refractivity contribution in [1.29, 1.82) is 0 Å². The minimum absolute atomic E-state index is 0.0577. The lowest BCUT2D eigenvalue weighted by Crippen LogP contribution is -2.61. The Morgan fingerprint density at radius 2 is 2.00 bits per heavy atom. The molecule has 4 heteroatoms. The number of hydrogen-bond donors (Lipinski definition) is 0. The largest absolute Gasteiger partial charge is 0.365 e. The number of fused-ring (bicyclic) bond motifs is 1. The van der Waals surface area contributed by atoms with E-state index in [0.29, 0.717) is 6.61 Å². The molecule has 2 fully saturated rings. The molecule has 1 aliphatic heterocycles. The Morgan fingerprint density at radius 3 is 2.60 bits per heavy atom. The molecule has 5 rings (SSSR count). The average molecular weight is 335 g/mol. The van der Waals surface area contributed by atoms with Crippen molar-refractivity contribution in [3.8, 4) is 0 Å². The Bertz CT molecular complexity index is 605. The summed E-state index contributed by atoms with van der Waals surface area (Å²) < 4.78 is 12.4. The topological polar surface area (TPSA) is 38.8 Å². The zero-order valence-corrected chi connectivity index (χ0v) is 12.7. The fraction of sp³-hybridized carbons (Fsp3) is 0.438. The molecule has 3 unspecified atom stereocenters. The minimum atomic E-state index is -0.897. The minimum Gasteiger partial charge on any atom is -0.365 e. The number of rotatable bonds is 2. The van der Waals surface area contributed by atoms with Crippen LogP contribution in [0.2, 0.25) is 0 Å². The molecule has 3 nitrogen and oxygen atoms in total. The summed E-state index contributed by atoms with van der Waals surface area (Å²) in [5.74, 6) is 0.264. The third-order valence-corrected chi connectivity index (χ3v) is 5.75. The monoisotopic (exact) mass is 334 g/mol. The number of ketones is 1. The summed E-state index contributed by atoms with van der Waals surface area (Å²) >= 11 is 3.61. The van der Waals surface area contributed by atoms with Crippen LogP contribution in [-0.4, -0.2) is 30.7 Å². The quantitative estimate of drug-likeness (QED) is 0.780. The molecule has 4 aliphatic rings. The second kappa shape index (κ2) is 4.03. The molecule has 1 spiro atoms. The molecular formula is C16H15BrO3. The zero-order valence-electron chi connectivity index (χ0n) is 11.1. The Morgan fingerprint density at radius 1 is 1.30 bits per heavy atom. The third-order valence-electron chi connectivity index (χ3n) is 4.97. The van der Waals surface area contributed by atoms with Gasteiger partial charge in [0.15, 0.2) is 11.2 Å². The molecule has 1 saturated carbocycles. The third kappa shape index (κ3) is 1.39. The summed E-state index contributed by atoms with van der Waals surface area (Å²) in [6.45, 7) is 0.520. The highest BCUT2D eigenvalue weighted by Crippen LogP contribution is 2.61. The highest BCUT2D eigenvalue weighted by molar-refractivity contribution is 9.11. The van der Waals surface area contributed by atoms with Gasteiger partial charge in [-0.3, -0.25) is 4.79 Å². The molecule has 1 saturated heterocycles. The van der Waals surface area contributed by atoms with Gasteiger partial charge in [-0.25, -0.2) is 0 Å². The van der Waals surface area contributed by atoms with E-state index in [1.165, 1.54) is 0 Å². The van der Waals surface area contributed by atoms with Crippen molar-refractivity contribution in [3.05, 3.63) is 46.5 Å². The molecule has 1 heterocycles. The average Bonchev–Trinajstić information content (AvgIpc) is 3.26. The molecule has 104 valence electrons. The van der Waals surface area contributed by atoms with Crippen molar-refractivity contribution in [2.75, 3.05) is 13.7 Å². The number of carbonyl (C=O) groups is 1. The van der Waals surface area contributed by atoms with Crippen molar-refractivity contribution in [2.24, 2.45) is 5.92 Å². The maximum atomic E-state index is 12.9. The van der Waals surface area contributed by atoms with Gasteiger partial charge in [-0.1, -0.05) is 46.3 Å². The number of ether oxygens (including phenoxy) is 2. The summed E-state index contributed by atoms with van der Waals surface area (Å²) in [5, 5.41) is 0. The Hall–Kier alpha value is -0.970. The number of hydrogen-bond acceptors (Lipinski definition) is 3. The summed E-state index contributed by atoms with van der Waals surface area (Å²) in [7, 11) is 1.62. The number of Topliss-reactive ketones (excluding diaryl/α,β-unsaturated/α-hetero) is 1. The molecule has 0 aromatic heterocycles. The van der Waals surface area contributed by atoms with E-state index in [0.717, 1.165) is 16.5 Å². The first-order chi connectivity index (χ1) is 9.64. The molecule has 4 atom stereocenters. The van der Waals surface area contributed by atoms with Crippen molar-refractivity contribution in [3.63, 3.8) is 0 Å². The maximum Gasteiger partial charge on any atom is 0.203 e. The van der Waals surface area contributed by atoms with E-state index < -0.39 is 11.2 Å². The van der Waals surface area contributed by atoms with E-state index in [2.05, 4.69) is 28.1 Å². The molecule has 0 N–H and O–H groups in total. The molecule has 3 aliphatic carbocycles. The first-order valence-electron chi connectivity index (χ1n) is 6.81. The van der Waals surface area contributed by atoms with Crippen LogP contribution in [0.25, 0.3) is 0 Å². The van der Waals surface area contributed by atoms with Crippen LogP contribution in [0.1, 0.15) is 17.9 Å². The Kier molecular flexibility index (Phi) is 2.57. The van der Waals surface area contributed by atoms with Gasteiger partial charge in [-0.2, -0.15) is 0 Å². The maximum absolute atomic E-state index is 12.9. The lowest BCUT2D eigenvalue weighted by Gasteiger charge is -2.50. The number of methoxy groups -OCH3 is 1. The van der Waals surface area contributed by atoms with Crippen molar-refractivity contribution < 1.29 is 14.3 Å². The van der Waals surface area contributed by atoms with E-state index in [9.17, 15) is 4.79 Å². The fourth-order valence-corrected chi connectivity index (χ4v) is 4.72. The van der Waals surface area contributed by atoms with Crippen LogP contribution >= 0.6 is 15.9 Å². The van der Waals surface area contributed by atoms with Gasteiger partial charge in [-0.15, -0.1) is 0 Å². The lowest BCUT2D eigenvalue weighted by molar-refractivity contribution is -0.153. The van der Waals surface area contributed by atoms with E-state index in [4.69, 9.17) is 9.47 Å². The first kappa shape index (κ1) is 12.7. The van der Waals surface area contributed by atoms with Crippen LogP contribution in [0.3, 0.4) is 0 Å². The van der Waals surface area contributed by atoms with Crippen LogP contribution in [0.15, 0.2) is 40.9 Å². The molecule has 0 radical (unpaired) electrons. The summed E-state index contributed by atoms with van der Waals surface area (Å²) in [6.07, 6.45) is 2.83. The molecule has 1 aromatic carbocycles. The van der Waals surface area contributed by atoms with Gasteiger partial charge in [0.25, 0.3) is 0 Å². The van der Waals surface area contributed by atoms with Gasteiger partial charge in [0.1, 0.15) is 0 Å². The van der Waals surface area contributed by atoms with Crippen molar-refractivity contribution >= 4 is 21.7 Å². The van der Waals surface area contributed by atoms with E-state index in [1.54, 1.807) is 7.11 Å². The van der Waals surface area contributed by atoms with Crippen LogP contribution in [0.5, 0.6) is 0 Å². The number of halogens is 1. The lowest BCUT2D eigenvalue weighted by atomic mass is 9.58. The second-order valence-electron chi connectivity index (χ2n) is 5.79. The normalized spacial score (nSPS) is 41.9. The van der Waals surface area contributed by atoms with Crippen molar-refractivity contribution in [2.45, 2.75) is 23.5 Å². The highest BCUT2D eigenvalue weighted by atomic mass is 79.9. The standard InChI is InChI=1S/C16H15BrO3/c1-19-15-8-13(17)12(16(9-20-16)14(15)18)7-11(15)10-5-3-2-4-6-10/h2-6,8,11-12H,7,9H2,1H3/t11?,12?,15?,16-/m0/s1. The first-order valence-corrected chi connectivity index (χ1v) is 7.60.